The number of nitrogens with one attached hydrogen (secondary N) is 1. The van der Waals surface area contributed by atoms with Gasteiger partial charge in [0, 0.05) is 12.6 Å². The van der Waals surface area contributed by atoms with Gasteiger partial charge in [0.15, 0.2) is 0 Å². The largest absolute Gasteiger partial charge is 0.496 e. The highest BCUT2D eigenvalue weighted by molar-refractivity contribution is 5.97. The van der Waals surface area contributed by atoms with E-state index < -0.39 is 0 Å². The summed E-state index contributed by atoms with van der Waals surface area (Å²) in [5.74, 6) is 0.614. The minimum Gasteiger partial charge on any atom is -0.496 e. The molecule has 2 rings (SSSR count). The minimum absolute atomic E-state index is 0.0418. The second-order valence-electron chi connectivity index (χ2n) is 5.11. The van der Waals surface area contributed by atoms with E-state index in [0.717, 1.165) is 25.9 Å². The summed E-state index contributed by atoms with van der Waals surface area (Å²) in [6.45, 7) is 4.04. The molecular weight excluding hydrogens is 240 g/mol. The molecule has 1 aromatic carbocycles. The number of hydrogen-bond donors (Lipinski definition) is 1. The van der Waals surface area contributed by atoms with Gasteiger partial charge in [-0.05, 0) is 44.1 Å². The van der Waals surface area contributed by atoms with E-state index in [0.29, 0.717) is 11.3 Å². The van der Waals surface area contributed by atoms with Crippen molar-refractivity contribution in [1.29, 1.82) is 0 Å². The first-order valence-corrected chi connectivity index (χ1v) is 6.80. The summed E-state index contributed by atoms with van der Waals surface area (Å²) in [7, 11) is 3.68. The summed E-state index contributed by atoms with van der Waals surface area (Å²) in [5, 5.41) is 3.08. The van der Waals surface area contributed by atoms with E-state index in [-0.39, 0.29) is 11.9 Å². The second kappa shape index (κ2) is 6.06. The Hall–Kier alpha value is -1.55. The summed E-state index contributed by atoms with van der Waals surface area (Å²) in [4.78, 5) is 14.5. The molecule has 0 aromatic heterocycles. The number of hydrogen-bond acceptors (Lipinski definition) is 3. The van der Waals surface area contributed by atoms with E-state index in [9.17, 15) is 4.79 Å². The van der Waals surface area contributed by atoms with Crippen LogP contribution in [0.15, 0.2) is 18.2 Å². The molecule has 1 aromatic rings. The molecule has 1 unspecified atom stereocenters. The lowest BCUT2D eigenvalue weighted by Gasteiger charge is -2.15. The Kier molecular flexibility index (Phi) is 4.43. The molecule has 1 aliphatic rings. The van der Waals surface area contributed by atoms with Crippen LogP contribution in [0.4, 0.5) is 0 Å². The monoisotopic (exact) mass is 262 g/mol. The van der Waals surface area contributed by atoms with E-state index in [1.165, 1.54) is 5.56 Å². The van der Waals surface area contributed by atoms with Gasteiger partial charge in [-0.15, -0.1) is 0 Å². The average Bonchev–Trinajstić information content (AvgIpc) is 2.83. The lowest BCUT2D eigenvalue weighted by Crippen LogP contribution is -2.36. The zero-order valence-electron chi connectivity index (χ0n) is 11.9. The Morgan fingerprint density at radius 2 is 2.32 bits per heavy atom. The number of ether oxygens (including phenoxy) is 1. The Labute approximate surface area is 114 Å². The van der Waals surface area contributed by atoms with Crippen molar-refractivity contribution in [2.24, 2.45) is 0 Å². The molecule has 19 heavy (non-hydrogen) atoms. The molecule has 0 bridgehead atoms. The topological polar surface area (TPSA) is 41.6 Å². The average molecular weight is 262 g/mol. The molecule has 0 spiro atoms. The van der Waals surface area contributed by atoms with E-state index >= 15 is 0 Å². The van der Waals surface area contributed by atoms with Crippen molar-refractivity contribution in [1.82, 2.24) is 10.2 Å². The van der Waals surface area contributed by atoms with Gasteiger partial charge in [-0.1, -0.05) is 13.0 Å². The Morgan fingerprint density at radius 1 is 1.53 bits per heavy atom. The Morgan fingerprint density at radius 3 is 2.89 bits per heavy atom. The number of methoxy groups -OCH3 is 1. The molecule has 4 heteroatoms. The van der Waals surface area contributed by atoms with E-state index in [4.69, 9.17) is 4.74 Å². The van der Waals surface area contributed by atoms with Crippen LogP contribution in [-0.4, -0.2) is 44.1 Å². The standard InChI is InChI=1S/C15H22N2O2/c1-4-11-5-6-13(14(9-11)19-3)15(18)16-12-7-8-17(2)10-12/h5-6,9,12H,4,7-8,10H2,1-3H3,(H,16,18). The molecule has 1 atom stereocenters. The molecule has 1 N–H and O–H groups in total. The van der Waals surface area contributed by atoms with Crippen LogP contribution in [0.1, 0.15) is 29.3 Å². The fraction of sp³-hybridized carbons (Fsp3) is 0.533. The van der Waals surface area contributed by atoms with Crippen LogP contribution in [0.3, 0.4) is 0 Å². The van der Waals surface area contributed by atoms with Crippen molar-refractivity contribution in [3.05, 3.63) is 29.3 Å². The predicted octanol–water partition coefficient (Wildman–Crippen LogP) is 1.69. The van der Waals surface area contributed by atoms with Crippen LogP contribution < -0.4 is 10.1 Å². The third-order valence-electron chi connectivity index (χ3n) is 3.65. The molecule has 0 saturated carbocycles. The number of carbonyl (C=O) groups excluding carboxylic acids is 1. The van der Waals surface area contributed by atoms with Crippen LogP contribution in [-0.2, 0) is 6.42 Å². The number of amides is 1. The molecule has 1 aliphatic heterocycles. The molecule has 104 valence electrons. The first kappa shape index (κ1) is 13.9. The molecule has 1 amide bonds. The summed E-state index contributed by atoms with van der Waals surface area (Å²) in [6.07, 6.45) is 1.95. The van der Waals surface area contributed by atoms with E-state index in [2.05, 4.69) is 24.2 Å². The van der Waals surface area contributed by atoms with Gasteiger partial charge in [0.05, 0.1) is 12.7 Å². The molecule has 1 fully saturated rings. The van der Waals surface area contributed by atoms with E-state index in [1.54, 1.807) is 7.11 Å². The van der Waals surface area contributed by atoms with Gasteiger partial charge >= 0.3 is 0 Å². The van der Waals surface area contributed by atoms with Crippen molar-refractivity contribution in [3.8, 4) is 5.75 Å². The van der Waals surface area contributed by atoms with Gasteiger partial charge in [-0.2, -0.15) is 0 Å². The number of carbonyl (C=O) groups is 1. The van der Waals surface area contributed by atoms with Crippen LogP contribution in [0.2, 0.25) is 0 Å². The highest BCUT2D eigenvalue weighted by Gasteiger charge is 2.22. The first-order valence-electron chi connectivity index (χ1n) is 6.80. The molecule has 0 radical (unpaired) electrons. The lowest BCUT2D eigenvalue weighted by atomic mass is 10.1. The van der Waals surface area contributed by atoms with E-state index in [1.807, 2.05) is 18.2 Å². The van der Waals surface area contributed by atoms with Crippen molar-refractivity contribution >= 4 is 5.91 Å². The van der Waals surface area contributed by atoms with Crippen LogP contribution in [0.5, 0.6) is 5.75 Å². The first-order chi connectivity index (χ1) is 9.13. The zero-order chi connectivity index (χ0) is 13.8. The summed E-state index contributed by atoms with van der Waals surface area (Å²) in [5.41, 5.74) is 1.79. The Bertz CT molecular complexity index is 459. The highest BCUT2D eigenvalue weighted by Crippen LogP contribution is 2.21. The predicted molar refractivity (Wildman–Crippen MR) is 75.7 cm³/mol. The van der Waals surface area contributed by atoms with Gasteiger partial charge in [-0.25, -0.2) is 0 Å². The summed E-state index contributed by atoms with van der Waals surface area (Å²) < 4.78 is 5.32. The maximum atomic E-state index is 12.3. The number of rotatable bonds is 4. The van der Waals surface area contributed by atoms with Gasteiger partial charge in [0.1, 0.15) is 5.75 Å². The zero-order valence-corrected chi connectivity index (χ0v) is 11.9. The van der Waals surface area contributed by atoms with Crippen molar-refractivity contribution < 1.29 is 9.53 Å². The Balaban J connectivity index is 2.10. The molecule has 0 aliphatic carbocycles. The SMILES string of the molecule is CCc1ccc(C(=O)NC2CCN(C)C2)c(OC)c1. The summed E-state index contributed by atoms with van der Waals surface area (Å²) in [6, 6.07) is 6.02. The van der Waals surface area contributed by atoms with Gasteiger partial charge in [0.25, 0.3) is 5.91 Å². The molecular formula is C15H22N2O2. The van der Waals surface area contributed by atoms with Gasteiger partial charge in [-0.3, -0.25) is 4.79 Å². The highest BCUT2D eigenvalue weighted by atomic mass is 16.5. The van der Waals surface area contributed by atoms with Gasteiger partial charge < -0.3 is 15.0 Å². The number of aryl methyl sites for hydroxylation is 1. The molecule has 4 nitrogen and oxygen atoms in total. The van der Waals surface area contributed by atoms with Crippen LogP contribution in [0.25, 0.3) is 0 Å². The molecule has 1 heterocycles. The van der Waals surface area contributed by atoms with Crippen molar-refractivity contribution in [2.75, 3.05) is 27.2 Å². The quantitative estimate of drug-likeness (QED) is 0.898. The maximum absolute atomic E-state index is 12.3. The van der Waals surface area contributed by atoms with Crippen LogP contribution in [0, 0.1) is 0 Å². The lowest BCUT2D eigenvalue weighted by molar-refractivity contribution is 0.0935. The fourth-order valence-corrected chi connectivity index (χ4v) is 2.46. The molecule has 1 saturated heterocycles. The van der Waals surface area contributed by atoms with Gasteiger partial charge in [0.2, 0.25) is 0 Å². The number of benzene rings is 1. The smallest absolute Gasteiger partial charge is 0.255 e. The normalized spacial score (nSPS) is 19.4. The minimum atomic E-state index is -0.0418. The summed E-state index contributed by atoms with van der Waals surface area (Å²) >= 11 is 0. The fourth-order valence-electron chi connectivity index (χ4n) is 2.46. The number of likely N-dealkylation sites (tertiary alicyclic amines) is 1. The number of likely N-dealkylation sites (N-methyl/N-ethyl adjacent to an activating group) is 1. The third kappa shape index (κ3) is 3.26. The second-order valence-corrected chi connectivity index (χ2v) is 5.11. The third-order valence-corrected chi connectivity index (χ3v) is 3.65. The van der Waals surface area contributed by atoms with Crippen molar-refractivity contribution in [3.63, 3.8) is 0 Å². The van der Waals surface area contributed by atoms with Crippen LogP contribution >= 0.6 is 0 Å². The van der Waals surface area contributed by atoms with Crippen molar-refractivity contribution in [2.45, 2.75) is 25.8 Å². The number of nitrogens with zero attached hydrogens (tertiary/aromatic N) is 1. The maximum Gasteiger partial charge on any atom is 0.255 e.